The number of carboxylic acids is 1. The van der Waals surface area contributed by atoms with Crippen LogP contribution in [-0.2, 0) is 6.18 Å². The van der Waals surface area contributed by atoms with Crippen molar-refractivity contribution >= 4 is 11.7 Å². The van der Waals surface area contributed by atoms with E-state index in [2.05, 4.69) is 5.32 Å². The summed E-state index contributed by atoms with van der Waals surface area (Å²) < 4.78 is 39.8. The predicted octanol–water partition coefficient (Wildman–Crippen LogP) is 5.70. The van der Waals surface area contributed by atoms with Crippen LogP contribution >= 0.6 is 0 Å². The lowest BCUT2D eigenvalue weighted by atomic mass is 9.67. The Balaban J connectivity index is 1.65. The van der Waals surface area contributed by atoms with Crippen LogP contribution in [0.25, 0.3) is 0 Å². The van der Waals surface area contributed by atoms with E-state index in [0.717, 1.165) is 30.9 Å². The van der Waals surface area contributed by atoms with Gasteiger partial charge < -0.3 is 10.4 Å². The minimum Gasteiger partial charge on any atom is -0.478 e. The van der Waals surface area contributed by atoms with Crippen molar-refractivity contribution in [2.75, 3.05) is 5.32 Å². The molecule has 0 aromatic heterocycles. The summed E-state index contributed by atoms with van der Waals surface area (Å²) in [5, 5.41) is 13.0. The van der Waals surface area contributed by atoms with Crippen LogP contribution < -0.4 is 5.32 Å². The molecule has 146 valence electrons. The van der Waals surface area contributed by atoms with Gasteiger partial charge in [-0.05, 0) is 72.3 Å². The summed E-state index contributed by atoms with van der Waals surface area (Å²) in [6.07, 6.45) is -1.12. The number of para-hydroxylation sites is 1. The lowest BCUT2D eigenvalue weighted by molar-refractivity contribution is -0.137. The van der Waals surface area contributed by atoms with Gasteiger partial charge in [-0.25, -0.2) is 4.79 Å². The number of nitrogens with one attached hydrogen (secondary N) is 1. The maximum Gasteiger partial charge on any atom is 0.416 e. The summed E-state index contributed by atoms with van der Waals surface area (Å²) in [5.41, 5.74) is 1.70. The van der Waals surface area contributed by atoms with E-state index < -0.39 is 17.7 Å². The molecule has 0 spiro atoms. The van der Waals surface area contributed by atoms with Crippen LogP contribution in [0, 0.1) is 17.8 Å². The third-order valence-corrected chi connectivity index (χ3v) is 6.92. The lowest BCUT2D eigenvalue weighted by Crippen LogP contribution is -2.36. The molecule has 3 nitrogen and oxygen atoms in total. The molecule has 2 aromatic carbocycles. The van der Waals surface area contributed by atoms with E-state index in [0.29, 0.717) is 23.1 Å². The summed E-state index contributed by atoms with van der Waals surface area (Å²) >= 11 is 0. The molecular formula is C22H20F3NO2. The Labute approximate surface area is 160 Å². The van der Waals surface area contributed by atoms with E-state index in [9.17, 15) is 23.1 Å². The highest BCUT2D eigenvalue weighted by Crippen LogP contribution is 2.64. The summed E-state index contributed by atoms with van der Waals surface area (Å²) in [7, 11) is 0. The fourth-order valence-electron chi connectivity index (χ4n) is 5.93. The zero-order valence-corrected chi connectivity index (χ0v) is 15.0. The first-order chi connectivity index (χ1) is 13.3. The molecule has 5 rings (SSSR count). The molecule has 2 N–H and O–H groups in total. The van der Waals surface area contributed by atoms with Crippen LogP contribution in [0.2, 0.25) is 0 Å². The first-order valence-electron chi connectivity index (χ1n) is 9.64. The Morgan fingerprint density at radius 2 is 1.82 bits per heavy atom. The molecule has 28 heavy (non-hydrogen) atoms. The van der Waals surface area contributed by atoms with Gasteiger partial charge >= 0.3 is 12.1 Å². The molecule has 0 unspecified atom stereocenters. The molecule has 3 aliphatic rings. The van der Waals surface area contributed by atoms with Crippen molar-refractivity contribution in [3.8, 4) is 0 Å². The first-order valence-corrected chi connectivity index (χ1v) is 9.64. The second kappa shape index (κ2) is 6.00. The summed E-state index contributed by atoms with van der Waals surface area (Å²) in [4.78, 5) is 11.8. The van der Waals surface area contributed by atoms with Gasteiger partial charge in [0.2, 0.25) is 0 Å². The van der Waals surface area contributed by atoms with Gasteiger partial charge in [0.05, 0.1) is 22.9 Å². The minimum atomic E-state index is -4.40. The Morgan fingerprint density at radius 1 is 1.07 bits per heavy atom. The van der Waals surface area contributed by atoms with Crippen molar-refractivity contribution in [2.45, 2.75) is 37.4 Å². The van der Waals surface area contributed by atoms with E-state index >= 15 is 0 Å². The minimum absolute atomic E-state index is 0.190. The number of anilines is 1. The molecule has 1 aliphatic heterocycles. The van der Waals surface area contributed by atoms with E-state index in [1.54, 1.807) is 18.2 Å². The smallest absolute Gasteiger partial charge is 0.416 e. The predicted molar refractivity (Wildman–Crippen MR) is 98.3 cm³/mol. The molecule has 2 aromatic rings. The van der Waals surface area contributed by atoms with Gasteiger partial charge in [-0.2, -0.15) is 13.2 Å². The van der Waals surface area contributed by atoms with Crippen LogP contribution in [0.15, 0.2) is 42.5 Å². The van der Waals surface area contributed by atoms with Crippen LogP contribution in [0.3, 0.4) is 0 Å². The van der Waals surface area contributed by atoms with Gasteiger partial charge in [0.25, 0.3) is 0 Å². The second-order valence-corrected chi connectivity index (χ2v) is 8.26. The molecule has 0 amide bonds. The van der Waals surface area contributed by atoms with Gasteiger partial charge in [0.15, 0.2) is 0 Å². The van der Waals surface area contributed by atoms with Crippen molar-refractivity contribution in [3.05, 3.63) is 64.7 Å². The molecule has 2 fully saturated rings. The molecule has 2 saturated carbocycles. The van der Waals surface area contributed by atoms with Crippen molar-refractivity contribution in [1.82, 2.24) is 0 Å². The highest BCUT2D eigenvalue weighted by molar-refractivity contribution is 5.95. The number of benzene rings is 2. The average molecular weight is 387 g/mol. The number of fused-ring (bicyclic) bond motifs is 7. The summed E-state index contributed by atoms with van der Waals surface area (Å²) in [5.74, 6) is 0.318. The van der Waals surface area contributed by atoms with Crippen molar-refractivity contribution in [2.24, 2.45) is 17.8 Å². The number of hydrogen-bond acceptors (Lipinski definition) is 2. The van der Waals surface area contributed by atoms with E-state index in [-0.39, 0.29) is 23.4 Å². The fourth-order valence-corrected chi connectivity index (χ4v) is 5.93. The molecule has 6 heteroatoms. The van der Waals surface area contributed by atoms with Crippen molar-refractivity contribution in [1.29, 1.82) is 0 Å². The van der Waals surface area contributed by atoms with Crippen molar-refractivity contribution in [3.63, 3.8) is 0 Å². The molecule has 5 atom stereocenters. The Morgan fingerprint density at radius 3 is 2.57 bits per heavy atom. The van der Waals surface area contributed by atoms with Gasteiger partial charge in [0.1, 0.15) is 0 Å². The maximum absolute atomic E-state index is 13.3. The van der Waals surface area contributed by atoms with Gasteiger partial charge in [0, 0.05) is 0 Å². The zero-order chi connectivity index (χ0) is 19.6. The zero-order valence-electron chi connectivity index (χ0n) is 15.0. The van der Waals surface area contributed by atoms with Crippen LogP contribution in [0.1, 0.15) is 58.3 Å². The van der Waals surface area contributed by atoms with Gasteiger partial charge in [-0.15, -0.1) is 0 Å². The third kappa shape index (κ3) is 2.54. The molecule has 0 radical (unpaired) electrons. The fraction of sp³-hybridized carbons (Fsp3) is 0.409. The molecular weight excluding hydrogens is 367 g/mol. The maximum atomic E-state index is 13.3. The number of aromatic carboxylic acids is 1. The second-order valence-electron chi connectivity index (χ2n) is 8.26. The van der Waals surface area contributed by atoms with Crippen LogP contribution in [-0.4, -0.2) is 11.1 Å². The highest BCUT2D eigenvalue weighted by atomic mass is 19.4. The van der Waals surface area contributed by atoms with Crippen LogP contribution in [0.4, 0.5) is 18.9 Å². The molecule has 2 bridgehead atoms. The number of carboxylic acid groups (broad SMARTS) is 1. The first kappa shape index (κ1) is 17.6. The summed E-state index contributed by atoms with van der Waals surface area (Å²) in [6, 6.07) is 10.5. The largest absolute Gasteiger partial charge is 0.478 e. The third-order valence-electron chi connectivity index (χ3n) is 6.92. The molecule has 2 aliphatic carbocycles. The van der Waals surface area contributed by atoms with Gasteiger partial charge in [-0.3, -0.25) is 0 Å². The monoisotopic (exact) mass is 387 g/mol. The quantitative estimate of drug-likeness (QED) is 0.695. The topological polar surface area (TPSA) is 49.3 Å². The normalized spacial score (nSPS) is 30.5. The number of rotatable bonds is 2. The van der Waals surface area contributed by atoms with E-state index in [1.165, 1.54) is 12.1 Å². The average Bonchev–Trinajstić information content (AvgIpc) is 3.28. The Bertz CT molecular complexity index is 955. The number of carbonyl (C=O) groups is 1. The summed E-state index contributed by atoms with van der Waals surface area (Å²) in [6.45, 7) is 0. The number of alkyl halides is 3. The van der Waals surface area contributed by atoms with Crippen molar-refractivity contribution < 1.29 is 23.1 Å². The highest BCUT2D eigenvalue weighted by Gasteiger charge is 2.54. The Hall–Kier alpha value is -2.50. The van der Waals surface area contributed by atoms with Crippen LogP contribution in [0.5, 0.6) is 0 Å². The number of hydrogen-bond donors (Lipinski definition) is 2. The van der Waals surface area contributed by atoms with Gasteiger partial charge in [-0.1, -0.05) is 24.3 Å². The van der Waals surface area contributed by atoms with E-state index in [1.807, 2.05) is 6.07 Å². The van der Waals surface area contributed by atoms with E-state index in [4.69, 9.17) is 0 Å². The SMILES string of the molecule is O=C(O)c1cccc2c1N[C@@H](c1cccc(C(F)(F)F)c1)[C@@H]1[C@@H]3CC[C@@H](C3)[C@H]21. The molecule has 0 saturated heterocycles. The Kier molecular flexibility index (Phi) is 3.77. The standard InChI is InChI=1S/C22H20F3NO2/c23-22(24,25)14-4-1-3-13(10-14)19-18-12-8-7-11(9-12)17(18)15-5-2-6-16(21(27)28)20(15)26-19/h1-6,10-12,17-19,26H,7-9H2,(H,27,28)/t11-,12+,17+,18+,19-/m0/s1. The molecule has 1 heterocycles. The number of halogens is 3. The lowest BCUT2D eigenvalue weighted by Gasteiger charge is -2.44.